The molecule has 3 aromatic rings. The van der Waals surface area contributed by atoms with E-state index < -0.39 is 23.4 Å². The lowest BCUT2D eigenvalue weighted by atomic mass is 9.93. The number of anilines is 1. The fraction of sp³-hybridized carbons (Fsp3) is 0.486. The number of aromatic nitrogens is 4. The Kier molecular flexibility index (Phi) is 10.1. The van der Waals surface area contributed by atoms with E-state index in [4.69, 9.17) is 11.6 Å². The first-order chi connectivity index (χ1) is 25.3. The third-order valence-electron chi connectivity index (χ3n) is 10.6. The minimum Gasteiger partial charge on any atom is -0.359 e. The maximum atomic E-state index is 14.1. The van der Waals surface area contributed by atoms with Gasteiger partial charge in [-0.1, -0.05) is 11.6 Å². The number of hydrogen-bond donors (Lipinski definition) is 3. The lowest BCUT2D eigenvalue weighted by Gasteiger charge is -2.40. The molecule has 0 aliphatic carbocycles. The molecule has 4 aliphatic rings. The van der Waals surface area contributed by atoms with Crippen LogP contribution in [-0.2, 0) is 15.8 Å². The van der Waals surface area contributed by atoms with Gasteiger partial charge in [-0.2, -0.15) is 18.3 Å². The number of carbonyl (C=O) groups is 3. The number of likely N-dealkylation sites (tertiary alicyclic amines) is 1. The largest absolute Gasteiger partial charge is 0.435 e. The number of benzene rings is 1. The van der Waals surface area contributed by atoms with Crippen molar-refractivity contribution in [1.82, 2.24) is 50.0 Å². The SMILES string of the molecule is CN1C(c2cn(-c3ncccn3)nc2C(F)(F)F)=CNC1(C)C(=O)Nc1ccc(C(=O)N2CCN(C(=O)C3CCN(CC4CNC4)CC3)CC2)c(Cl)c1. The maximum Gasteiger partial charge on any atom is 0.435 e. The first kappa shape index (κ1) is 36.6. The number of piperidine rings is 1. The third-order valence-corrected chi connectivity index (χ3v) is 10.9. The van der Waals surface area contributed by atoms with Gasteiger partial charge >= 0.3 is 6.18 Å². The van der Waals surface area contributed by atoms with Gasteiger partial charge in [-0.05, 0) is 63.0 Å². The maximum absolute atomic E-state index is 14.1. The standard InChI is InChI=1S/C35H41ClF3N11O3/c1-34(43-19-28(46(34)2)26-21-50(33-41-8-3-9-42-33)45-29(26)35(37,38)39)32(53)44-24-4-5-25(27(36)16-24)31(52)49-14-12-48(13-15-49)30(51)23-6-10-47(11-7-23)20-22-17-40-18-22/h3-5,8-9,16,19,21-23,40,43H,6-7,10-15,17-18,20H2,1-2H3,(H,44,53). The highest BCUT2D eigenvalue weighted by molar-refractivity contribution is 6.34. The van der Waals surface area contributed by atoms with Crippen LogP contribution in [0.15, 0.2) is 49.1 Å². The number of nitrogens with zero attached hydrogens (tertiary/aromatic N) is 8. The van der Waals surface area contributed by atoms with Crippen molar-refractivity contribution >= 4 is 40.7 Å². The van der Waals surface area contributed by atoms with Crippen LogP contribution in [0.4, 0.5) is 18.9 Å². The van der Waals surface area contributed by atoms with Gasteiger partial charge in [0.15, 0.2) is 11.4 Å². The third kappa shape index (κ3) is 7.42. The van der Waals surface area contributed by atoms with Gasteiger partial charge in [0.1, 0.15) is 0 Å². The van der Waals surface area contributed by atoms with Crippen LogP contribution in [0, 0.1) is 11.8 Å². The van der Waals surface area contributed by atoms with E-state index in [0.29, 0.717) is 32.1 Å². The molecule has 3 fully saturated rings. The van der Waals surface area contributed by atoms with Crippen molar-refractivity contribution < 1.29 is 27.6 Å². The highest BCUT2D eigenvalue weighted by Crippen LogP contribution is 2.39. The number of rotatable bonds is 8. The molecule has 53 heavy (non-hydrogen) atoms. The molecule has 1 unspecified atom stereocenters. The van der Waals surface area contributed by atoms with Gasteiger partial charge in [-0.15, -0.1) is 0 Å². The molecule has 6 heterocycles. The Balaban J connectivity index is 0.944. The molecule has 0 saturated carbocycles. The second kappa shape index (κ2) is 14.6. The van der Waals surface area contributed by atoms with Crippen LogP contribution in [0.5, 0.6) is 0 Å². The van der Waals surface area contributed by atoms with Crippen molar-refractivity contribution in [2.24, 2.45) is 11.8 Å². The number of alkyl halides is 3. The summed E-state index contributed by atoms with van der Waals surface area (Å²) in [6.07, 6.45) is 2.17. The predicted octanol–water partition coefficient (Wildman–Crippen LogP) is 2.74. The summed E-state index contributed by atoms with van der Waals surface area (Å²) in [5, 5.41) is 12.8. The van der Waals surface area contributed by atoms with Gasteiger partial charge in [-0.25, -0.2) is 14.6 Å². The van der Waals surface area contributed by atoms with Crippen LogP contribution >= 0.6 is 11.6 Å². The average Bonchev–Trinajstić information content (AvgIpc) is 3.72. The first-order valence-electron chi connectivity index (χ1n) is 17.6. The van der Waals surface area contributed by atoms with E-state index in [1.54, 1.807) is 11.0 Å². The molecule has 3 N–H and O–H groups in total. The van der Waals surface area contributed by atoms with Crippen LogP contribution in [0.25, 0.3) is 11.6 Å². The topological polar surface area (TPSA) is 144 Å². The van der Waals surface area contributed by atoms with E-state index in [2.05, 4.69) is 35.9 Å². The molecule has 2 aromatic heterocycles. The van der Waals surface area contributed by atoms with E-state index in [9.17, 15) is 27.6 Å². The summed E-state index contributed by atoms with van der Waals surface area (Å²) in [7, 11) is 1.49. The molecule has 0 radical (unpaired) electrons. The second-order valence-electron chi connectivity index (χ2n) is 14.1. The number of carbonyl (C=O) groups excluding carboxylic acids is 3. The predicted molar refractivity (Wildman–Crippen MR) is 190 cm³/mol. The average molecular weight is 756 g/mol. The Morgan fingerprint density at radius 3 is 2.32 bits per heavy atom. The van der Waals surface area contributed by atoms with E-state index in [1.807, 2.05) is 4.90 Å². The summed E-state index contributed by atoms with van der Waals surface area (Å²) in [5.41, 5.74) is -2.33. The van der Waals surface area contributed by atoms with Gasteiger partial charge < -0.3 is 35.6 Å². The molecule has 1 aromatic carbocycles. The number of nitrogens with one attached hydrogen (secondary N) is 3. The zero-order chi connectivity index (χ0) is 37.5. The van der Waals surface area contributed by atoms with E-state index in [-0.39, 0.29) is 51.2 Å². The van der Waals surface area contributed by atoms with Crippen molar-refractivity contribution in [2.75, 3.05) is 71.3 Å². The highest BCUT2D eigenvalue weighted by atomic mass is 35.5. The molecule has 3 amide bonds. The van der Waals surface area contributed by atoms with Crippen LogP contribution in [0.3, 0.4) is 0 Å². The summed E-state index contributed by atoms with van der Waals surface area (Å²) < 4.78 is 43.2. The zero-order valence-electron chi connectivity index (χ0n) is 29.4. The molecule has 7 rings (SSSR count). The number of piperazine rings is 1. The van der Waals surface area contributed by atoms with Crippen LogP contribution in [-0.4, -0.2) is 129 Å². The van der Waals surface area contributed by atoms with Crippen molar-refractivity contribution in [3.05, 3.63) is 70.9 Å². The fourth-order valence-electron chi connectivity index (χ4n) is 7.19. The Labute approximate surface area is 309 Å². The minimum absolute atomic E-state index is 0.0140. The number of hydrogen-bond acceptors (Lipinski definition) is 10. The minimum atomic E-state index is -4.80. The molecule has 0 spiro atoms. The van der Waals surface area contributed by atoms with E-state index in [0.717, 1.165) is 56.4 Å². The molecular formula is C35H41ClF3N11O3. The smallest absolute Gasteiger partial charge is 0.359 e. The summed E-state index contributed by atoms with van der Waals surface area (Å²) >= 11 is 6.57. The number of amides is 3. The quantitative estimate of drug-likeness (QED) is 0.314. The normalized spacial score (nSPS) is 21.6. The molecule has 282 valence electrons. The Morgan fingerprint density at radius 2 is 1.70 bits per heavy atom. The fourth-order valence-corrected chi connectivity index (χ4v) is 7.45. The molecule has 1 atom stereocenters. The monoisotopic (exact) mass is 755 g/mol. The summed E-state index contributed by atoms with van der Waals surface area (Å²) in [6, 6.07) is 6.06. The Morgan fingerprint density at radius 1 is 1.02 bits per heavy atom. The van der Waals surface area contributed by atoms with Gasteiger partial charge in [0.25, 0.3) is 11.8 Å². The molecule has 14 nitrogen and oxygen atoms in total. The summed E-state index contributed by atoms with van der Waals surface area (Å²) in [4.78, 5) is 55.7. The van der Waals surface area contributed by atoms with Gasteiger partial charge in [-0.3, -0.25) is 14.4 Å². The molecule has 0 bridgehead atoms. The first-order valence-corrected chi connectivity index (χ1v) is 18.0. The Bertz CT molecular complexity index is 1890. The molecule has 18 heteroatoms. The highest BCUT2D eigenvalue weighted by Gasteiger charge is 2.46. The van der Waals surface area contributed by atoms with Gasteiger partial charge in [0.2, 0.25) is 11.9 Å². The second-order valence-corrected chi connectivity index (χ2v) is 14.5. The summed E-state index contributed by atoms with van der Waals surface area (Å²) in [6.45, 7) is 8.29. The van der Waals surface area contributed by atoms with Crippen molar-refractivity contribution in [3.63, 3.8) is 0 Å². The molecule has 3 saturated heterocycles. The molecular weight excluding hydrogens is 715 g/mol. The summed E-state index contributed by atoms with van der Waals surface area (Å²) in [5.74, 6) is -0.0241. The van der Waals surface area contributed by atoms with Gasteiger partial charge in [0.05, 0.1) is 21.8 Å². The van der Waals surface area contributed by atoms with Crippen LogP contribution in [0.2, 0.25) is 5.02 Å². The zero-order valence-corrected chi connectivity index (χ0v) is 30.1. The van der Waals surface area contributed by atoms with Crippen molar-refractivity contribution in [2.45, 2.75) is 31.6 Å². The van der Waals surface area contributed by atoms with Crippen LogP contribution in [0.1, 0.15) is 41.4 Å². The lowest BCUT2D eigenvalue weighted by Crippen LogP contribution is -2.56. The van der Waals surface area contributed by atoms with E-state index >= 15 is 0 Å². The van der Waals surface area contributed by atoms with Crippen LogP contribution < -0.4 is 16.0 Å². The van der Waals surface area contributed by atoms with Crippen molar-refractivity contribution in [3.8, 4) is 5.95 Å². The van der Waals surface area contributed by atoms with Crippen molar-refractivity contribution in [1.29, 1.82) is 0 Å². The number of halogens is 4. The number of likely N-dealkylation sites (N-methyl/N-ethyl adjacent to an activating group) is 1. The van der Waals surface area contributed by atoms with E-state index in [1.165, 1.54) is 55.7 Å². The molecule has 4 aliphatic heterocycles. The lowest BCUT2D eigenvalue weighted by molar-refractivity contribution is -0.141. The Hall–Kier alpha value is -4.74. The van der Waals surface area contributed by atoms with Gasteiger partial charge in [0, 0.05) is 89.3 Å².